The zero-order valence-corrected chi connectivity index (χ0v) is 10.9. The molecular formula is C15H24O2. The zero-order chi connectivity index (χ0) is 12.7. The summed E-state index contributed by atoms with van der Waals surface area (Å²) in [5.41, 5.74) is 1.03. The van der Waals surface area contributed by atoms with E-state index in [2.05, 4.69) is 13.8 Å². The molecule has 1 rings (SSSR count). The summed E-state index contributed by atoms with van der Waals surface area (Å²) >= 11 is 0. The molecule has 0 heterocycles. The van der Waals surface area contributed by atoms with Gasteiger partial charge in [0.1, 0.15) is 11.5 Å². The second-order valence-electron chi connectivity index (χ2n) is 4.89. The van der Waals surface area contributed by atoms with Gasteiger partial charge in [-0.15, -0.1) is 0 Å². The molecule has 0 aromatic heterocycles. The Morgan fingerprint density at radius 2 is 1.53 bits per heavy atom. The van der Waals surface area contributed by atoms with Gasteiger partial charge < -0.3 is 10.2 Å². The third kappa shape index (κ3) is 5.12. The molecule has 0 saturated heterocycles. The molecule has 2 nitrogen and oxygen atoms in total. The predicted octanol–water partition coefficient (Wildman–Crippen LogP) is 4.56. The molecule has 2 heteroatoms. The Hall–Kier alpha value is -1.18. The van der Waals surface area contributed by atoms with Crippen molar-refractivity contribution in [2.45, 2.75) is 58.3 Å². The summed E-state index contributed by atoms with van der Waals surface area (Å²) in [5, 5.41) is 18.8. The van der Waals surface area contributed by atoms with Crippen LogP contribution in [0.1, 0.15) is 63.9 Å². The maximum absolute atomic E-state index is 9.42. The van der Waals surface area contributed by atoms with Gasteiger partial charge in [-0.05, 0) is 30.0 Å². The van der Waals surface area contributed by atoms with E-state index in [4.69, 9.17) is 0 Å². The number of unbranched alkanes of at least 4 members (excludes halogenated alkanes) is 4. The summed E-state index contributed by atoms with van der Waals surface area (Å²) in [7, 11) is 0. The van der Waals surface area contributed by atoms with Gasteiger partial charge in [0.25, 0.3) is 0 Å². The topological polar surface area (TPSA) is 40.5 Å². The fraction of sp³-hybridized carbons (Fsp3) is 0.600. The Morgan fingerprint density at radius 3 is 2.12 bits per heavy atom. The van der Waals surface area contributed by atoms with Crippen molar-refractivity contribution in [1.82, 2.24) is 0 Å². The molecule has 2 N–H and O–H groups in total. The number of phenolic OH excluding ortho intramolecular Hbond substituents is 2. The molecule has 1 aromatic rings. The SMILES string of the molecule is CCCCCCCC(C)c1cc(O)cc(O)c1. The highest BCUT2D eigenvalue weighted by atomic mass is 16.3. The highest BCUT2D eigenvalue weighted by molar-refractivity contribution is 5.38. The van der Waals surface area contributed by atoms with Crippen molar-refractivity contribution in [2.24, 2.45) is 0 Å². The Kier molecular flexibility index (Phi) is 5.88. The van der Waals surface area contributed by atoms with Crippen LogP contribution < -0.4 is 0 Å². The summed E-state index contributed by atoms with van der Waals surface area (Å²) < 4.78 is 0. The van der Waals surface area contributed by atoms with Crippen LogP contribution in [0.25, 0.3) is 0 Å². The quantitative estimate of drug-likeness (QED) is 0.681. The van der Waals surface area contributed by atoms with Crippen LogP contribution in [0.15, 0.2) is 18.2 Å². The lowest BCUT2D eigenvalue weighted by Gasteiger charge is -2.12. The van der Waals surface area contributed by atoms with E-state index >= 15 is 0 Å². The first-order valence-corrected chi connectivity index (χ1v) is 6.66. The van der Waals surface area contributed by atoms with Gasteiger partial charge in [0.05, 0.1) is 0 Å². The molecule has 0 bridgehead atoms. The summed E-state index contributed by atoms with van der Waals surface area (Å²) in [6.45, 7) is 4.37. The molecule has 0 saturated carbocycles. The highest BCUT2D eigenvalue weighted by Crippen LogP contribution is 2.28. The lowest BCUT2D eigenvalue weighted by atomic mass is 9.94. The van der Waals surface area contributed by atoms with Crippen molar-refractivity contribution >= 4 is 0 Å². The Bertz CT molecular complexity index is 313. The molecule has 1 atom stereocenters. The van der Waals surface area contributed by atoms with Crippen molar-refractivity contribution in [3.8, 4) is 11.5 Å². The normalized spacial score (nSPS) is 12.6. The monoisotopic (exact) mass is 236 g/mol. The second-order valence-corrected chi connectivity index (χ2v) is 4.89. The number of hydrogen-bond donors (Lipinski definition) is 2. The van der Waals surface area contributed by atoms with Crippen LogP contribution in [-0.2, 0) is 0 Å². The first-order chi connectivity index (χ1) is 8.13. The highest BCUT2D eigenvalue weighted by Gasteiger charge is 2.07. The smallest absolute Gasteiger partial charge is 0.119 e. The Balaban J connectivity index is 2.38. The Morgan fingerprint density at radius 1 is 0.941 bits per heavy atom. The molecule has 0 aliphatic rings. The number of rotatable bonds is 7. The van der Waals surface area contributed by atoms with Gasteiger partial charge in [0.15, 0.2) is 0 Å². The molecule has 0 fully saturated rings. The summed E-state index contributed by atoms with van der Waals surface area (Å²) in [5.74, 6) is 0.699. The average Bonchev–Trinajstić information content (AvgIpc) is 2.27. The van der Waals surface area contributed by atoms with E-state index in [1.807, 2.05) is 0 Å². The van der Waals surface area contributed by atoms with E-state index in [1.165, 1.54) is 38.2 Å². The summed E-state index contributed by atoms with van der Waals surface area (Å²) in [6, 6.07) is 4.87. The Labute approximate surface area is 104 Å². The zero-order valence-electron chi connectivity index (χ0n) is 10.9. The largest absolute Gasteiger partial charge is 0.508 e. The molecule has 96 valence electrons. The minimum absolute atomic E-state index is 0.151. The minimum atomic E-state index is 0.151. The van der Waals surface area contributed by atoms with E-state index in [0.717, 1.165) is 12.0 Å². The molecule has 0 amide bonds. The fourth-order valence-electron chi connectivity index (χ4n) is 2.12. The van der Waals surface area contributed by atoms with Gasteiger partial charge in [0.2, 0.25) is 0 Å². The van der Waals surface area contributed by atoms with Crippen molar-refractivity contribution in [3.05, 3.63) is 23.8 Å². The first-order valence-electron chi connectivity index (χ1n) is 6.66. The van der Waals surface area contributed by atoms with E-state index in [9.17, 15) is 10.2 Å². The third-order valence-electron chi connectivity index (χ3n) is 3.23. The van der Waals surface area contributed by atoms with Crippen LogP contribution in [0, 0.1) is 0 Å². The molecule has 0 radical (unpaired) electrons. The van der Waals surface area contributed by atoms with Crippen LogP contribution in [0.3, 0.4) is 0 Å². The lowest BCUT2D eigenvalue weighted by molar-refractivity contribution is 0.447. The molecule has 1 aromatic carbocycles. The van der Waals surface area contributed by atoms with Gasteiger partial charge in [-0.25, -0.2) is 0 Å². The number of phenols is 2. The molecule has 0 aliphatic carbocycles. The average molecular weight is 236 g/mol. The van der Waals surface area contributed by atoms with Crippen LogP contribution >= 0.6 is 0 Å². The predicted molar refractivity (Wildman–Crippen MR) is 71.6 cm³/mol. The van der Waals surface area contributed by atoms with Crippen molar-refractivity contribution in [3.63, 3.8) is 0 Å². The van der Waals surface area contributed by atoms with Gasteiger partial charge in [-0.1, -0.05) is 46.0 Å². The van der Waals surface area contributed by atoms with Crippen LogP contribution in [0.2, 0.25) is 0 Å². The summed E-state index contributed by atoms with van der Waals surface area (Å²) in [4.78, 5) is 0. The van der Waals surface area contributed by atoms with Crippen LogP contribution in [0.5, 0.6) is 11.5 Å². The number of benzene rings is 1. The summed E-state index contributed by atoms with van der Waals surface area (Å²) in [6.07, 6.45) is 7.53. The van der Waals surface area contributed by atoms with Crippen LogP contribution in [-0.4, -0.2) is 10.2 Å². The fourth-order valence-corrected chi connectivity index (χ4v) is 2.12. The minimum Gasteiger partial charge on any atom is -0.508 e. The third-order valence-corrected chi connectivity index (χ3v) is 3.23. The van der Waals surface area contributed by atoms with Crippen molar-refractivity contribution < 1.29 is 10.2 Å². The molecular weight excluding hydrogens is 212 g/mol. The number of hydrogen-bond acceptors (Lipinski definition) is 2. The van der Waals surface area contributed by atoms with E-state index in [1.54, 1.807) is 12.1 Å². The van der Waals surface area contributed by atoms with Crippen molar-refractivity contribution in [2.75, 3.05) is 0 Å². The van der Waals surface area contributed by atoms with Gasteiger partial charge in [0, 0.05) is 6.07 Å². The molecule has 0 spiro atoms. The first kappa shape index (κ1) is 13.9. The van der Waals surface area contributed by atoms with Crippen molar-refractivity contribution in [1.29, 1.82) is 0 Å². The van der Waals surface area contributed by atoms with E-state index in [0.29, 0.717) is 5.92 Å². The second kappa shape index (κ2) is 7.21. The van der Waals surface area contributed by atoms with E-state index in [-0.39, 0.29) is 11.5 Å². The van der Waals surface area contributed by atoms with Gasteiger partial charge >= 0.3 is 0 Å². The van der Waals surface area contributed by atoms with Crippen LogP contribution in [0.4, 0.5) is 0 Å². The van der Waals surface area contributed by atoms with Gasteiger partial charge in [-0.3, -0.25) is 0 Å². The van der Waals surface area contributed by atoms with Gasteiger partial charge in [-0.2, -0.15) is 0 Å². The maximum Gasteiger partial charge on any atom is 0.119 e. The standard InChI is InChI=1S/C15H24O2/c1-3-4-5-6-7-8-12(2)13-9-14(16)11-15(17)10-13/h9-12,16-17H,3-8H2,1-2H3. The van der Waals surface area contributed by atoms with E-state index < -0.39 is 0 Å². The molecule has 0 aliphatic heterocycles. The number of aromatic hydroxyl groups is 2. The molecule has 1 unspecified atom stereocenters. The molecule has 17 heavy (non-hydrogen) atoms. The lowest BCUT2D eigenvalue weighted by Crippen LogP contribution is -1.93. The maximum atomic E-state index is 9.42.